The fourth-order valence-corrected chi connectivity index (χ4v) is 0.616. The molecule has 0 saturated heterocycles. The van der Waals surface area contributed by atoms with E-state index < -0.39 is 17.7 Å². The van der Waals surface area contributed by atoms with E-state index in [0.29, 0.717) is 0 Å². The number of hydrogen-bond donors (Lipinski definition) is 2. The molecule has 0 bridgehead atoms. The van der Waals surface area contributed by atoms with Crippen molar-refractivity contribution in [3.8, 4) is 0 Å². The SMILES string of the molecule is CC=CC=CC(C(N)=O)C(N)=O. The van der Waals surface area contributed by atoms with Gasteiger partial charge in [-0.15, -0.1) is 0 Å². The monoisotopic (exact) mass is 168 g/mol. The van der Waals surface area contributed by atoms with Crippen molar-refractivity contribution in [1.29, 1.82) is 0 Å². The van der Waals surface area contributed by atoms with Crippen molar-refractivity contribution in [1.82, 2.24) is 0 Å². The van der Waals surface area contributed by atoms with Gasteiger partial charge >= 0.3 is 0 Å². The summed E-state index contributed by atoms with van der Waals surface area (Å²) in [5, 5.41) is 0. The second-order valence-electron chi connectivity index (χ2n) is 2.19. The van der Waals surface area contributed by atoms with Crippen molar-refractivity contribution in [3.63, 3.8) is 0 Å². The van der Waals surface area contributed by atoms with Crippen LogP contribution in [-0.4, -0.2) is 11.8 Å². The highest BCUT2D eigenvalue weighted by molar-refractivity contribution is 6.00. The molecule has 0 spiro atoms. The number of carbonyl (C=O) groups excluding carboxylic acids is 2. The smallest absolute Gasteiger partial charge is 0.233 e. The van der Waals surface area contributed by atoms with Crippen LogP contribution in [0.3, 0.4) is 0 Å². The van der Waals surface area contributed by atoms with Gasteiger partial charge in [-0.25, -0.2) is 0 Å². The predicted molar refractivity (Wildman–Crippen MR) is 45.8 cm³/mol. The highest BCUT2D eigenvalue weighted by Gasteiger charge is 2.16. The largest absolute Gasteiger partial charge is 0.369 e. The van der Waals surface area contributed by atoms with Crippen LogP contribution in [0.2, 0.25) is 0 Å². The first-order chi connectivity index (χ1) is 5.59. The molecule has 4 nitrogen and oxygen atoms in total. The van der Waals surface area contributed by atoms with Gasteiger partial charge < -0.3 is 11.5 Å². The molecule has 0 saturated carbocycles. The van der Waals surface area contributed by atoms with Gasteiger partial charge in [-0.3, -0.25) is 9.59 Å². The van der Waals surface area contributed by atoms with Crippen LogP contribution >= 0.6 is 0 Å². The van der Waals surface area contributed by atoms with Crippen LogP contribution in [0.5, 0.6) is 0 Å². The molecular formula is C8H12N2O2. The average molecular weight is 168 g/mol. The Bertz CT molecular complexity index is 217. The van der Waals surface area contributed by atoms with E-state index in [2.05, 4.69) is 0 Å². The zero-order valence-corrected chi connectivity index (χ0v) is 6.86. The van der Waals surface area contributed by atoms with E-state index in [1.165, 1.54) is 6.08 Å². The highest BCUT2D eigenvalue weighted by atomic mass is 16.2. The lowest BCUT2D eigenvalue weighted by Gasteiger charge is -2.00. The molecule has 0 rings (SSSR count). The molecular weight excluding hydrogens is 156 g/mol. The van der Waals surface area contributed by atoms with Crippen LogP contribution in [0, 0.1) is 5.92 Å². The normalized spacial score (nSPS) is 11.5. The van der Waals surface area contributed by atoms with Crippen molar-refractivity contribution in [2.45, 2.75) is 6.92 Å². The summed E-state index contributed by atoms with van der Waals surface area (Å²) in [7, 11) is 0. The average Bonchev–Trinajstić information content (AvgIpc) is 1.96. The lowest BCUT2D eigenvalue weighted by molar-refractivity contribution is -0.129. The Hall–Kier alpha value is -1.58. The molecule has 2 amide bonds. The second-order valence-corrected chi connectivity index (χ2v) is 2.19. The number of hydrogen-bond acceptors (Lipinski definition) is 2. The number of allylic oxidation sites excluding steroid dienone is 3. The Morgan fingerprint density at radius 3 is 2.00 bits per heavy atom. The molecule has 0 aliphatic heterocycles. The molecule has 4 heteroatoms. The van der Waals surface area contributed by atoms with E-state index in [1.807, 2.05) is 6.92 Å². The lowest BCUT2D eigenvalue weighted by Crippen LogP contribution is -2.33. The molecule has 0 aliphatic carbocycles. The van der Waals surface area contributed by atoms with Crippen molar-refractivity contribution >= 4 is 11.8 Å². The fraction of sp³-hybridized carbons (Fsp3) is 0.250. The first-order valence-electron chi connectivity index (χ1n) is 3.47. The van der Waals surface area contributed by atoms with Gasteiger partial charge in [0.15, 0.2) is 0 Å². The summed E-state index contributed by atoms with van der Waals surface area (Å²) in [4.78, 5) is 21.2. The molecule has 0 aromatic carbocycles. The maximum absolute atomic E-state index is 10.6. The fourth-order valence-electron chi connectivity index (χ4n) is 0.616. The minimum atomic E-state index is -1.01. The van der Waals surface area contributed by atoms with Crippen molar-refractivity contribution in [3.05, 3.63) is 24.3 Å². The molecule has 4 N–H and O–H groups in total. The summed E-state index contributed by atoms with van der Waals surface area (Å²) in [6.45, 7) is 1.81. The van der Waals surface area contributed by atoms with E-state index in [0.717, 1.165) is 0 Å². The number of carbonyl (C=O) groups is 2. The van der Waals surface area contributed by atoms with Crippen LogP contribution in [0.4, 0.5) is 0 Å². The minimum Gasteiger partial charge on any atom is -0.369 e. The zero-order valence-electron chi connectivity index (χ0n) is 6.86. The number of primary amides is 2. The van der Waals surface area contributed by atoms with Gasteiger partial charge in [-0.2, -0.15) is 0 Å². The van der Waals surface area contributed by atoms with Crippen molar-refractivity contribution in [2.24, 2.45) is 17.4 Å². The summed E-state index contributed by atoms with van der Waals surface area (Å²) >= 11 is 0. The summed E-state index contributed by atoms with van der Waals surface area (Å²) < 4.78 is 0. The molecule has 0 atom stereocenters. The second kappa shape index (κ2) is 5.12. The number of nitrogens with two attached hydrogens (primary N) is 2. The van der Waals surface area contributed by atoms with E-state index >= 15 is 0 Å². The summed E-state index contributed by atoms with van der Waals surface area (Å²) in [5.41, 5.74) is 9.81. The first-order valence-corrected chi connectivity index (χ1v) is 3.47. The van der Waals surface area contributed by atoms with E-state index in [9.17, 15) is 9.59 Å². The topological polar surface area (TPSA) is 86.2 Å². The molecule has 0 unspecified atom stereocenters. The number of amides is 2. The molecule has 0 radical (unpaired) electrons. The molecule has 66 valence electrons. The quantitative estimate of drug-likeness (QED) is 0.446. The predicted octanol–water partition coefficient (Wildman–Crippen LogP) is -0.294. The Morgan fingerprint density at radius 2 is 1.67 bits per heavy atom. The third kappa shape index (κ3) is 3.55. The third-order valence-corrected chi connectivity index (χ3v) is 1.22. The molecule has 0 aromatic heterocycles. The van der Waals surface area contributed by atoms with Gasteiger partial charge in [0.05, 0.1) is 0 Å². The van der Waals surface area contributed by atoms with Gasteiger partial charge in [0, 0.05) is 0 Å². The maximum Gasteiger partial charge on any atom is 0.233 e. The van der Waals surface area contributed by atoms with Gasteiger partial charge in [-0.1, -0.05) is 24.3 Å². The molecule has 0 aromatic rings. The number of rotatable bonds is 4. The molecule has 12 heavy (non-hydrogen) atoms. The Morgan fingerprint density at radius 1 is 1.17 bits per heavy atom. The molecule has 0 aliphatic rings. The standard InChI is InChI=1S/C8H12N2O2/c1-2-3-4-5-6(7(9)11)8(10)12/h2-6H,1H3,(H2,9,11)(H2,10,12). The summed E-state index contributed by atoms with van der Waals surface area (Å²) in [5.74, 6) is -2.48. The van der Waals surface area contributed by atoms with E-state index in [1.54, 1.807) is 18.2 Å². The maximum atomic E-state index is 10.6. The van der Waals surface area contributed by atoms with Crippen molar-refractivity contribution in [2.75, 3.05) is 0 Å². The molecule has 0 heterocycles. The first kappa shape index (κ1) is 10.4. The van der Waals surface area contributed by atoms with E-state index in [-0.39, 0.29) is 0 Å². The molecule has 0 fully saturated rings. The Balaban J connectivity index is 4.33. The van der Waals surface area contributed by atoms with Crippen LogP contribution in [0.1, 0.15) is 6.92 Å². The highest BCUT2D eigenvalue weighted by Crippen LogP contribution is 1.96. The Kier molecular flexibility index (Phi) is 4.45. The van der Waals surface area contributed by atoms with Crippen LogP contribution < -0.4 is 11.5 Å². The summed E-state index contributed by atoms with van der Waals surface area (Å²) in [6.07, 6.45) is 6.36. The van der Waals surface area contributed by atoms with Gasteiger partial charge in [0.25, 0.3) is 0 Å². The van der Waals surface area contributed by atoms with Crippen molar-refractivity contribution < 1.29 is 9.59 Å². The van der Waals surface area contributed by atoms with Crippen LogP contribution in [0.15, 0.2) is 24.3 Å². The Labute approximate surface area is 70.9 Å². The summed E-state index contributed by atoms with van der Waals surface area (Å²) in [6, 6.07) is 0. The van der Waals surface area contributed by atoms with Gasteiger partial charge in [0.2, 0.25) is 11.8 Å². The van der Waals surface area contributed by atoms with E-state index in [4.69, 9.17) is 11.5 Å². The van der Waals surface area contributed by atoms with Gasteiger partial charge in [-0.05, 0) is 6.92 Å². The van der Waals surface area contributed by atoms with Crippen LogP contribution in [-0.2, 0) is 9.59 Å². The lowest BCUT2D eigenvalue weighted by atomic mass is 10.1. The zero-order chi connectivity index (χ0) is 9.56. The van der Waals surface area contributed by atoms with Gasteiger partial charge in [0.1, 0.15) is 5.92 Å². The minimum absolute atomic E-state index is 0.733. The third-order valence-electron chi connectivity index (χ3n) is 1.22. The van der Waals surface area contributed by atoms with Crippen LogP contribution in [0.25, 0.3) is 0 Å².